The van der Waals surface area contributed by atoms with Crippen molar-refractivity contribution >= 4 is 0 Å². The average Bonchev–Trinajstić information content (AvgIpc) is 2.08. The molecule has 0 N–H and O–H groups in total. The highest BCUT2D eigenvalue weighted by Crippen LogP contribution is 2.35. The van der Waals surface area contributed by atoms with E-state index in [1.54, 1.807) is 0 Å². The van der Waals surface area contributed by atoms with Crippen LogP contribution >= 0.6 is 0 Å². The van der Waals surface area contributed by atoms with Crippen LogP contribution in [0.2, 0.25) is 0 Å². The molecule has 67 valence electrons. The molecule has 1 radical (unpaired) electrons. The first kappa shape index (κ1) is 11.0. The van der Waals surface area contributed by atoms with Gasteiger partial charge in [-0.1, -0.05) is 59.8 Å². The van der Waals surface area contributed by atoms with Gasteiger partial charge in [-0.3, -0.25) is 0 Å². The Hall–Kier alpha value is 0. The van der Waals surface area contributed by atoms with Crippen LogP contribution in [0.1, 0.15) is 59.3 Å². The fourth-order valence-electron chi connectivity index (χ4n) is 1.78. The first-order chi connectivity index (χ1) is 5.24. The van der Waals surface area contributed by atoms with Crippen LogP contribution in [0.15, 0.2) is 0 Å². The highest BCUT2D eigenvalue weighted by molar-refractivity contribution is 4.74. The zero-order valence-electron chi connectivity index (χ0n) is 8.45. The standard InChI is InChI=1S/C11H23/c1-5-9-10-11(6-2,7-3)8-4/h1,5-10H2,2-4H3. The lowest BCUT2D eigenvalue weighted by Gasteiger charge is -2.30. The van der Waals surface area contributed by atoms with Gasteiger partial charge in [-0.15, -0.1) is 0 Å². The van der Waals surface area contributed by atoms with E-state index in [9.17, 15) is 0 Å². The molecule has 0 aromatic heterocycles. The van der Waals surface area contributed by atoms with Crippen molar-refractivity contribution in [2.24, 2.45) is 5.41 Å². The molecule has 0 aromatic rings. The Morgan fingerprint density at radius 1 is 1.00 bits per heavy atom. The molecule has 11 heavy (non-hydrogen) atoms. The Morgan fingerprint density at radius 3 is 1.73 bits per heavy atom. The maximum absolute atomic E-state index is 3.89. The van der Waals surface area contributed by atoms with Crippen LogP contribution in [0.4, 0.5) is 0 Å². The molecule has 0 heteroatoms. The highest BCUT2D eigenvalue weighted by Gasteiger charge is 2.22. The summed E-state index contributed by atoms with van der Waals surface area (Å²) in [6.07, 6.45) is 7.78. The van der Waals surface area contributed by atoms with Gasteiger partial charge in [0.25, 0.3) is 0 Å². The summed E-state index contributed by atoms with van der Waals surface area (Å²) < 4.78 is 0. The molecule has 0 atom stereocenters. The van der Waals surface area contributed by atoms with Gasteiger partial charge in [-0.2, -0.15) is 0 Å². The van der Waals surface area contributed by atoms with Crippen molar-refractivity contribution in [2.75, 3.05) is 0 Å². The summed E-state index contributed by atoms with van der Waals surface area (Å²) in [4.78, 5) is 0. The molecule has 0 aliphatic heterocycles. The summed E-state index contributed by atoms with van der Waals surface area (Å²) in [5.74, 6) is 0. The summed E-state index contributed by atoms with van der Waals surface area (Å²) in [5.41, 5.74) is 0.637. The average molecular weight is 155 g/mol. The van der Waals surface area contributed by atoms with Crippen molar-refractivity contribution in [3.63, 3.8) is 0 Å². The fraction of sp³-hybridized carbons (Fsp3) is 0.909. The molecule has 0 saturated carbocycles. The van der Waals surface area contributed by atoms with E-state index in [1.165, 1.54) is 32.1 Å². The molecule has 0 unspecified atom stereocenters. The third-order valence-electron chi connectivity index (χ3n) is 3.21. The summed E-state index contributed by atoms with van der Waals surface area (Å²) in [6, 6.07) is 0. The third-order valence-corrected chi connectivity index (χ3v) is 3.21. The van der Waals surface area contributed by atoms with Crippen molar-refractivity contribution in [3.8, 4) is 0 Å². The molecule has 0 amide bonds. The molecular weight excluding hydrogens is 132 g/mol. The minimum Gasteiger partial charge on any atom is -0.0649 e. The van der Waals surface area contributed by atoms with Crippen LogP contribution in [0, 0.1) is 12.3 Å². The molecule has 0 bridgehead atoms. The van der Waals surface area contributed by atoms with Crippen molar-refractivity contribution in [2.45, 2.75) is 59.3 Å². The Labute approximate surface area is 72.4 Å². The Balaban J connectivity index is 3.84. The molecule has 0 aliphatic carbocycles. The highest BCUT2D eigenvalue weighted by atomic mass is 14.3. The molecule has 0 heterocycles. The van der Waals surface area contributed by atoms with E-state index in [0.717, 1.165) is 6.42 Å². The molecule has 0 saturated heterocycles. The number of hydrogen-bond acceptors (Lipinski definition) is 0. The second-order valence-electron chi connectivity index (χ2n) is 3.52. The number of unbranched alkanes of at least 4 members (excludes halogenated alkanes) is 1. The molecule has 0 fully saturated rings. The van der Waals surface area contributed by atoms with Gasteiger partial charge in [0.1, 0.15) is 0 Å². The molecule has 0 aliphatic rings. The lowest BCUT2D eigenvalue weighted by molar-refractivity contribution is 0.223. The third kappa shape index (κ3) is 3.27. The molecule has 0 aromatic carbocycles. The van der Waals surface area contributed by atoms with E-state index in [2.05, 4.69) is 27.7 Å². The first-order valence-corrected chi connectivity index (χ1v) is 5.04. The molecule has 0 rings (SSSR count). The number of rotatable bonds is 6. The topological polar surface area (TPSA) is 0 Å². The molecular formula is C11H23. The Bertz CT molecular complexity index is 71.8. The van der Waals surface area contributed by atoms with Crippen LogP contribution in [-0.2, 0) is 0 Å². The predicted molar refractivity (Wildman–Crippen MR) is 52.5 cm³/mol. The van der Waals surface area contributed by atoms with Crippen LogP contribution in [0.3, 0.4) is 0 Å². The second-order valence-corrected chi connectivity index (χ2v) is 3.52. The van der Waals surface area contributed by atoms with Crippen LogP contribution < -0.4 is 0 Å². The van der Waals surface area contributed by atoms with E-state index in [1.807, 2.05) is 0 Å². The molecule has 0 nitrogen and oxygen atoms in total. The van der Waals surface area contributed by atoms with Crippen LogP contribution in [0.5, 0.6) is 0 Å². The van der Waals surface area contributed by atoms with Gasteiger partial charge in [0, 0.05) is 0 Å². The maximum Gasteiger partial charge on any atom is -0.0305 e. The van der Waals surface area contributed by atoms with Crippen molar-refractivity contribution in [3.05, 3.63) is 6.92 Å². The van der Waals surface area contributed by atoms with Crippen molar-refractivity contribution in [1.29, 1.82) is 0 Å². The van der Waals surface area contributed by atoms with Gasteiger partial charge >= 0.3 is 0 Å². The van der Waals surface area contributed by atoms with E-state index in [-0.39, 0.29) is 0 Å². The maximum atomic E-state index is 3.89. The lowest BCUT2D eigenvalue weighted by atomic mass is 9.76. The molecule has 0 spiro atoms. The van der Waals surface area contributed by atoms with Gasteiger partial charge in [0.05, 0.1) is 0 Å². The van der Waals surface area contributed by atoms with Crippen molar-refractivity contribution < 1.29 is 0 Å². The Kier molecular flexibility index (Phi) is 5.62. The van der Waals surface area contributed by atoms with Gasteiger partial charge in [0.15, 0.2) is 0 Å². The summed E-state index contributed by atoms with van der Waals surface area (Å²) in [7, 11) is 0. The van der Waals surface area contributed by atoms with Gasteiger partial charge < -0.3 is 0 Å². The number of hydrogen-bond donors (Lipinski definition) is 0. The lowest BCUT2D eigenvalue weighted by Crippen LogP contribution is -2.17. The smallest absolute Gasteiger partial charge is 0.0305 e. The zero-order valence-corrected chi connectivity index (χ0v) is 8.45. The summed E-state index contributed by atoms with van der Waals surface area (Å²) in [6.45, 7) is 10.8. The normalized spacial score (nSPS) is 12.0. The fourth-order valence-corrected chi connectivity index (χ4v) is 1.78. The van der Waals surface area contributed by atoms with Crippen LogP contribution in [-0.4, -0.2) is 0 Å². The van der Waals surface area contributed by atoms with Gasteiger partial charge in [-0.25, -0.2) is 0 Å². The van der Waals surface area contributed by atoms with E-state index in [0.29, 0.717) is 5.41 Å². The Morgan fingerprint density at radius 2 is 1.45 bits per heavy atom. The van der Waals surface area contributed by atoms with Gasteiger partial charge in [-0.05, 0) is 11.8 Å². The van der Waals surface area contributed by atoms with E-state index in [4.69, 9.17) is 0 Å². The van der Waals surface area contributed by atoms with Gasteiger partial charge in [0.2, 0.25) is 0 Å². The summed E-state index contributed by atoms with van der Waals surface area (Å²) in [5, 5.41) is 0. The minimum atomic E-state index is 0.637. The van der Waals surface area contributed by atoms with E-state index < -0.39 is 0 Å². The largest absolute Gasteiger partial charge is 0.0649 e. The zero-order chi connectivity index (χ0) is 8.74. The summed E-state index contributed by atoms with van der Waals surface area (Å²) >= 11 is 0. The minimum absolute atomic E-state index is 0.637. The van der Waals surface area contributed by atoms with Crippen LogP contribution in [0.25, 0.3) is 0 Å². The monoisotopic (exact) mass is 155 g/mol. The van der Waals surface area contributed by atoms with E-state index >= 15 is 0 Å². The quantitative estimate of drug-likeness (QED) is 0.539. The van der Waals surface area contributed by atoms with Crippen molar-refractivity contribution in [1.82, 2.24) is 0 Å². The first-order valence-electron chi connectivity index (χ1n) is 5.04. The second kappa shape index (κ2) is 5.62. The SMILES string of the molecule is [CH2]CCCC(CC)(CC)CC. The predicted octanol–water partition coefficient (Wildman–Crippen LogP) is 4.21.